The van der Waals surface area contributed by atoms with Crippen molar-refractivity contribution >= 4 is 5.91 Å². The number of amides is 1. The molecule has 1 aliphatic carbocycles. The van der Waals surface area contributed by atoms with Gasteiger partial charge in [-0.15, -0.1) is 0 Å². The average molecular weight is 314 g/mol. The van der Waals surface area contributed by atoms with Crippen LogP contribution in [-0.2, 0) is 5.41 Å². The molecule has 2 aliphatic rings. The molecule has 2 aromatic heterocycles. The van der Waals surface area contributed by atoms with Crippen molar-refractivity contribution in [1.82, 2.24) is 20.0 Å². The molecule has 1 N–H and O–H groups in total. The number of aromatic nitrogens is 3. The van der Waals surface area contributed by atoms with E-state index in [0.717, 1.165) is 19.3 Å². The largest absolute Gasteiger partial charge is 0.506 e. The lowest BCUT2D eigenvalue weighted by atomic mass is 9.80. The van der Waals surface area contributed by atoms with Gasteiger partial charge in [0.2, 0.25) is 5.89 Å². The Labute approximate surface area is 133 Å². The number of aryl methyl sites for hydroxylation is 1. The summed E-state index contributed by atoms with van der Waals surface area (Å²) in [5, 5.41) is 13.5. The van der Waals surface area contributed by atoms with Gasteiger partial charge in [0.05, 0.1) is 17.2 Å². The summed E-state index contributed by atoms with van der Waals surface area (Å²) in [4.78, 5) is 22.9. The van der Waals surface area contributed by atoms with Crippen LogP contribution in [0.4, 0.5) is 0 Å². The molecule has 0 bridgehead atoms. The maximum atomic E-state index is 12.7. The summed E-state index contributed by atoms with van der Waals surface area (Å²) in [5.74, 6) is 1.51. The molecule has 2 aromatic rings. The number of carbonyl (C=O) groups excluding carboxylic acids is 1. The second-order valence-electron chi connectivity index (χ2n) is 6.51. The third-order valence-corrected chi connectivity index (χ3v) is 5.08. The smallest absolute Gasteiger partial charge is 0.255 e. The molecule has 0 spiro atoms. The van der Waals surface area contributed by atoms with Crippen molar-refractivity contribution in [3.63, 3.8) is 0 Å². The van der Waals surface area contributed by atoms with E-state index in [2.05, 4.69) is 15.1 Å². The minimum atomic E-state index is -0.221. The van der Waals surface area contributed by atoms with Crippen LogP contribution in [0.25, 0.3) is 0 Å². The maximum absolute atomic E-state index is 12.7. The molecular weight excluding hydrogens is 296 g/mol. The van der Waals surface area contributed by atoms with Crippen LogP contribution in [0.3, 0.4) is 0 Å². The number of likely N-dealkylation sites (tertiary alicyclic amines) is 1. The predicted molar refractivity (Wildman–Crippen MR) is 79.9 cm³/mol. The van der Waals surface area contributed by atoms with Crippen LogP contribution in [0.2, 0.25) is 0 Å². The molecule has 7 heteroatoms. The highest BCUT2D eigenvalue weighted by molar-refractivity contribution is 5.94. The lowest BCUT2D eigenvalue weighted by Gasteiger charge is -2.24. The van der Waals surface area contributed by atoms with E-state index in [0.29, 0.717) is 36.3 Å². The van der Waals surface area contributed by atoms with Gasteiger partial charge in [-0.05, 0) is 31.7 Å². The molecule has 7 nitrogen and oxygen atoms in total. The molecule has 2 atom stereocenters. The first-order chi connectivity index (χ1) is 11.1. The maximum Gasteiger partial charge on any atom is 0.255 e. The lowest BCUT2D eigenvalue weighted by molar-refractivity contribution is 0.0774. The zero-order valence-corrected chi connectivity index (χ0v) is 12.9. The summed E-state index contributed by atoms with van der Waals surface area (Å²) in [5.41, 5.74) is 0.183. The first kappa shape index (κ1) is 14.2. The number of hydrogen-bond donors (Lipinski definition) is 1. The summed E-state index contributed by atoms with van der Waals surface area (Å²) in [6.45, 7) is 3.06. The number of fused-ring (bicyclic) bond motifs is 1. The fourth-order valence-electron chi connectivity index (χ4n) is 4.02. The van der Waals surface area contributed by atoms with Crippen LogP contribution >= 0.6 is 0 Å². The summed E-state index contributed by atoms with van der Waals surface area (Å²) in [6, 6.07) is 1.45. The van der Waals surface area contributed by atoms with Gasteiger partial charge in [0.25, 0.3) is 5.91 Å². The number of aromatic hydroxyl groups is 1. The van der Waals surface area contributed by atoms with Gasteiger partial charge < -0.3 is 14.5 Å². The molecule has 1 saturated carbocycles. The van der Waals surface area contributed by atoms with E-state index in [9.17, 15) is 9.90 Å². The van der Waals surface area contributed by atoms with Crippen LogP contribution in [0, 0.1) is 12.8 Å². The minimum absolute atomic E-state index is 0.00233. The molecule has 1 aliphatic heterocycles. The quantitative estimate of drug-likeness (QED) is 0.906. The number of carbonyl (C=O) groups is 1. The highest BCUT2D eigenvalue weighted by Gasteiger charge is 2.55. The van der Waals surface area contributed by atoms with Gasteiger partial charge in [-0.25, -0.2) is 0 Å². The molecule has 1 saturated heterocycles. The average Bonchev–Trinajstić information content (AvgIpc) is 3.19. The van der Waals surface area contributed by atoms with Crippen molar-refractivity contribution in [1.29, 1.82) is 0 Å². The summed E-state index contributed by atoms with van der Waals surface area (Å²) in [7, 11) is 0. The Hall–Kier alpha value is -2.44. The summed E-state index contributed by atoms with van der Waals surface area (Å²) in [6.07, 6.45) is 5.94. The summed E-state index contributed by atoms with van der Waals surface area (Å²) < 4.78 is 5.45. The van der Waals surface area contributed by atoms with Crippen LogP contribution in [0.15, 0.2) is 23.0 Å². The Bertz CT molecular complexity index is 759. The molecular formula is C16H18N4O3. The van der Waals surface area contributed by atoms with E-state index in [1.807, 2.05) is 11.8 Å². The normalized spacial score (nSPS) is 26.5. The third kappa shape index (κ3) is 2.18. The fourth-order valence-corrected chi connectivity index (χ4v) is 4.02. The number of hydrogen-bond acceptors (Lipinski definition) is 6. The number of rotatable bonds is 2. The van der Waals surface area contributed by atoms with Crippen LogP contribution in [0.1, 0.15) is 41.3 Å². The number of nitrogens with zero attached hydrogens (tertiary/aromatic N) is 4. The van der Waals surface area contributed by atoms with Crippen LogP contribution < -0.4 is 0 Å². The van der Waals surface area contributed by atoms with Crippen molar-refractivity contribution in [3.05, 3.63) is 35.7 Å². The van der Waals surface area contributed by atoms with Gasteiger partial charge in [0.1, 0.15) is 5.75 Å². The van der Waals surface area contributed by atoms with Gasteiger partial charge in [-0.3, -0.25) is 9.78 Å². The first-order valence-corrected chi connectivity index (χ1v) is 7.82. The standard InChI is InChI=1S/C16H18N4O3/c1-10-18-15(23-19-10)16-4-2-3-12(16)8-20(9-16)14(22)11-5-13(21)7-17-6-11/h5-7,12,21H,2-4,8-9H2,1H3/t12-,16-/m0/s1. The Balaban J connectivity index is 1.63. The van der Waals surface area contributed by atoms with Crippen molar-refractivity contribution < 1.29 is 14.4 Å². The summed E-state index contributed by atoms with van der Waals surface area (Å²) >= 11 is 0. The molecule has 2 fully saturated rings. The molecule has 0 unspecified atom stereocenters. The van der Waals surface area contributed by atoms with Crippen molar-refractivity contribution in [2.75, 3.05) is 13.1 Å². The van der Waals surface area contributed by atoms with E-state index < -0.39 is 0 Å². The van der Waals surface area contributed by atoms with Gasteiger partial charge in [-0.2, -0.15) is 4.98 Å². The third-order valence-electron chi connectivity index (χ3n) is 5.08. The molecule has 0 aromatic carbocycles. The van der Waals surface area contributed by atoms with E-state index >= 15 is 0 Å². The highest BCUT2D eigenvalue weighted by atomic mass is 16.5. The second-order valence-corrected chi connectivity index (χ2v) is 6.51. The molecule has 120 valence electrons. The molecule has 3 heterocycles. The zero-order valence-electron chi connectivity index (χ0n) is 12.9. The Kier molecular flexibility index (Phi) is 3.11. The van der Waals surface area contributed by atoms with Crippen molar-refractivity contribution in [2.45, 2.75) is 31.6 Å². The van der Waals surface area contributed by atoms with Gasteiger partial charge in [0, 0.05) is 19.3 Å². The number of pyridine rings is 1. The van der Waals surface area contributed by atoms with Crippen molar-refractivity contribution in [2.24, 2.45) is 5.92 Å². The highest BCUT2D eigenvalue weighted by Crippen LogP contribution is 2.50. The van der Waals surface area contributed by atoms with Crippen LogP contribution in [0.5, 0.6) is 5.75 Å². The van der Waals surface area contributed by atoms with Gasteiger partial charge >= 0.3 is 0 Å². The molecule has 0 radical (unpaired) electrons. The van der Waals surface area contributed by atoms with Crippen molar-refractivity contribution in [3.8, 4) is 5.75 Å². The lowest BCUT2D eigenvalue weighted by Crippen LogP contribution is -2.35. The fraction of sp³-hybridized carbons (Fsp3) is 0.500. The van der Waals surface area contributed by atoms with E-state index in [4.69, 9.17) is 4.52 Å². The minimum Gasteiger partial charge on any atom is -0.506 e. The van der Waals surface area contributed by atoms with E-state index in [1.54, 1.807) is 0 Å². The Morgan fingerprint density at radius 3 is 3.09 bits per heavy atom. The topological polar surface area (TPSA) is 92.4 Å². The van der Waals surface area contributed by atoms with Crippen LogP contribution in [-0.4, -0.2) is 44.1 Å². The SMILES string of the molecule is Cc1noc([C@]23CCC[C@H]2CN(C(=O)c2cncc(O)c2)C3)n1. The second kappa shape index (κ2) is 5.04. The Morgan fingerprint density at radius 2 is 2.35 bits per heavy atom. The van der Waals surface area contributed by atoms with E-state index in [1.165, 1.54) is 18.5 Å². The predicted octanol–water partition coefficient (Wildman–Crippen LogP) is 1.67. The van der Waals surface area contributed by atoms with E-state index in [-0.39, 0.29) is 17.1 Å². The zero-order chi connectivity index (χ0) is 16.0. The van der Waals surface area contributed by atoms with Gasteiger partial charge in [0.15, 0.2) is 5.82 Å². The Morgan fingerprint density at radius 1 is 1.48 bits per heavy atom. The molecule has 4 rings (SSSR count). The molecule has 1 amide bonds. The monoisotopic (exact) mass is 314 g/mol. The molecule has 23 heavy (non-hydrogen) atoms. The first-order valence-electron chi connectivity index (χ1n) is 7.82. The van der Waals surface area contributed by atoms with Gasteiger partial charge in [-0.1, -0.05) is 11.6 Å².